The third-order valence-corrected chi connectivity index (χ3v) is 4.52. The van der Waals surface area contributed by atoms with Crippen LogP contribution in [0, 0.1) is 5.82 Å². The maximum absolute atomic E-state index is 12.9. The number of fused-ring (bicyclic) bond motifs is 1. The van der Waals surface area contributed by atoms with Gasteiger partial charge in [-0.3, -0.25) is 4.79 Å². The molecule has 3 rings (SSSR count). The van der Waals surface area contributed by atoms with E-state index in [0.29, 0.717) is 18.7 Å². The first-order chi connectivity index (χ1) is 13.2. The molecule has 1 atom stereocenters. The molecule has 0 spiro atoms. The highest BCUT2D eigenvalue weighted by molar-refractivity contribution is 5.84. The maximum atomic E-state index is 12.9. The Morgan fingerprint density at radius 2 is 1.78 bits per heavy atom. The van der Waals surface area contributed by atoms with E-state index in [0.717, 1.165) is 29.2 Å². The zero-order chi connectivity index (χ0) is 19.1. The highest BCUT2D eigenvalue weighted by Gasteiger charge is 2.17. The van der Waals surface area contributed by atoms with Gasteiger partial charge in [-0.2, -0.15) is 0 Å². The van der Waals surface area contributed by atoms with Crippen molar-refractivity contribution in [2.24, 2.45) is 0 Å². The first-order valence-corrected chi connectivity index (χ1v) is 9.33. The predicted octanol–water partition coefficient (Wildman–Crippen LogP) is 4.89. The van der Waals surface area contributed by atoms with Gasteiger partial charge in [0.1, 0.15) is 11.6 Å². The Balaban J connectivity index is 1.50. The second-order valence-electron chi connectivity index (χ2n) is 6.54. The van der Waals surface area contributed by atoms with E-state index in [9.17, 15) is 9.18 Å². The molecular formula is C23H24FNO2. The Morgan fingerprint density at radius 3 is 2.52 bits per heavy atom. The number of hydrogen-bond donors (Lipinski definition) is 1. The molecule has 0 aromatic heterocycles. The van der Waals surface area contributed by atoms with Crippen LogP contribution in [0.15, 0.2) is 66.7 Å². The van der Waals surface area contributed by atoms with Crippen molar-refractivity contribution in [2.75, 3.05) is 6.54 Å². The van der Waals surface area contributed by atoms with Crippen LogP contribution in [0.2, 0.25) is 0 Å². The van der Waals surface area contributed by atoms with Gasteiger partial charge < -0.3 is 10.1 Å². The minimum atomic E-state index is -0.517. The number of halogens is 1. The molecule has 27 heavy (non-hydrogen) atoms. The summed E-state index contributed by atoms with van der Waals surface area (Å²) in [6.07, 6.45) is 1.67. The summed E-state index contributed by atoms with van der Waals surface area (Å²) >= 11 is 0. The largest absolute Gasteiger partial charge is 0.481 e. The van der Waals surface area contributed by atoms with Crippen LogP contribution in [0.1, 0.15) is 25.3 Å². The van der Waals surface area contributed by atoms with Gasteiger partial charge in [-0.25, -0.2) is 4.39 Å². The number of aryl methyl sites for hydroxylation is 1. The topological polar surface area (TPSA) is 38.3 Å². The first kappa shape index (κ1) is 18.9. The van der Waals surface area contributed by atoms with Gasteiger partial charge in [-0.15, -0.1) is 0 Å². The fourth-order valence-electron chi connectivity index (χ4n) is 3.00. The van der Waals surface area contributed by atoms with Crippen molar-refractivity contribution in [3.63, 3.8) is 0 Å². The summed E-state index contributed by atoms with van der Waals surface area (Å²) in [4.78, 5) is 12.4. The van der Waals surface area contributed by atoms with Crippen LogP contribution in [0.3, 0.4) is 0 Å². The molecule has 0 heterocycles. The van der Waals surface area contributed by atoms with Crippen molar-refractivity contribution in [1.29, 1.82) is 0 Å². The standard InChI is InChI=1S/C23H24FNO2/c1-2-22(27-21-14-11-18-7-3-4-8-19(18)16-21)23(26)25-15-5-6-17-9-12-20(24)13-10-17/h3-4,7-14,16,22H,2,5-6,15H2,1H3,(H,25,26). The minimum Gasteiger partial charge on any atom is -0.481 e. The SMILES string of the molecule is CCC(Oc1ccc2ccccc2c1)C(=O)NCCCc1ccc(F)cc1. The quantitative estimate of drug-likeness (QED) is 0.578. The Labute approximate surface area is 159 Å². The van der Waals surface area contributed by atoms with Crippen LogP contribution in [0.5, 0.6) is 5.75 Å². The third kappa shape index (κ3) is 5.30. The number of nitrogens with one attached hydrogen (secondary N) is 1. The molecule has 1 amide bonds. The third-order valence-electron chi connectivity index (χ3n) is 4.52. The summed E-state index contributed by atoms with van der Waals surface area (Å²) in [6, 6.07) is 20.4. The molecule has 1 N–H and O–H groups in total. The lowest BCUT2D eigenvalue weighted by Gasteiger charge is -2.17. The molecule has 0 saturated carbocycles. The average Bonchev–Trinajstić information content (AvgIpc) is 2.70. The molecule has 0 aliphatic rings. The summed E-state index contributed by atoms with van der Waals surface area (Å²) in [5.74, 6) is 0.357. The van der Waals surface area contributed by atoms with Gasteiger partial charge >= 0.3 is 0 Å². The summed E-state index contributed by atoms with van der Waals surface area (Å²) in [6.45, 7) is 2.50. The van der Waals surface area contributed by atoms with E-state index < -0.39 is 6.10 Å². The molecule has 0 fully saturated rings. The van der Waals surface area contributed by atoms with Crippen LogP contribution in [0.4, 0.5) is 4.39 Å². The molecule has 0 radical (unpaired) electrons. The molecule has 0 bridgehead atoms. The van der Waals surface area contributed by atoms with Crippen LogP contribution >= 0.6 is 0 Å². The lowest BCUT2D eigenvalue weighted by molar-refractivity contribution is -0.128. The predicted molar refractivity (Wildman–Crippen MR) is 106 cm³/mol. The van der Waals surface area contributed by atoms with Crippen LogP contribution < -0.4 is 10.1 Å². The van der Waals surface area contributed by atoms with Gasteiger partial charge in [0.05, 0.1) is 0 Å². The summed E-state index contributed by atoms with van der Waals surface area (Å²) in [7, 11) is 0. The maximum Gasteiger partial charge on any atom is 0.261 e. The van der Waals surface area contributed by atoms with Crippen LogP contribution in [-0.4, -0.2) is 18.6 Å². The minimum absolute atomic E-state index is 0.107. The average molecular weight is 365 g/mol. The summed E-state index contributed by atoms with van der Waals surface area (Å²) in [5, 5.41) is 5.16. The highest BCUT2D eigenvalue weighted by atomic mass is 19.1. The number of carbonyl (C=O) groups excluding carboxylic acids is 1. The second-order valence-corrected chi connectivity index (χ2v) is 6.54. The highest BCUT2D eigenvalue weighted by Crippen LogP contribution is 2.22. The fraction of sp³-hybridized carbons (Fsp3) is 0.261. The molecule has 3 nitrogen and oxygen atoms in total. The summed E-state index contributed by atoms with van der Waals surface area (Å²) < 4.78 is 18.8. The van der Waals surface area contributed by atoms with E-state index in [1.54, 1.807) is 12.1 Å². The van der Waals surface area contributed by atoms with E-state index in [1.165, 1.54) is 12.1 Å². The molecule has 1 unspecified atom stereocenters. The molecule has 3 aromatic rings. The van der Waals surface area contributed by atoms with Crippen molar-refractivity contribution in [2.45, 2.75) is 32.3 Å². The molecular weight excluding hydrogens is 341 g/mol. The van der Waals surface area contributed by atoms with Crippen LogP contribution in [-0.2, 0) is 11.2 Å². The van der Waals surface area contributed by atoms with Gasteiger partial charge in [0.15, 0.2) is 6.10 Å². The lowest BCUT2D eigenvalue weighted by atomic mass is 10.1. The number of carbonyl (C=O) groups is 1. The van der Waals surface area contributed by atoms with Gasteiger partial charge in [0, 0.05) is 6.54 Å². The van der Waals surface area contributed by atoms with Crippen molar-refractivity contribution in [3.05, 3.63) is 78.1 Å². The van der Waals surface area contributed by atoms with E-state index in [1.807, 2.05) is 49.4 Å². The Morgan fingerprint density at radius 1 is 1.04 bits per heavy atom. The van der Waals surface area contributed by atoms with E-state index >= 15 is 0 Å². The van der Waals surface area contributed by atoms with Crippen molar-refractivity contribution in [3.8, 4) is 5.75 Å². The molecule has 3 aromatic carbocycles. The smallest absolute Gasteiger partial charge is 0.261 e. The van der Waals surface area contributed by atoms with Gasteiger partial charge in [-0.05, 0) is 59.9 Å². The van der Waals surface area contributed by atoms with Crippen molar-refractivity contribution < 1.29 is 13.9 Å². The van der Waals surface area contributed by atoms with Gasteiger partial charge in [0.25, 0.3) is 5.91 Å². The van der Waals surface area contributed by atoms with Crippen molar-refractivity contribution >= 4 is 16.7 Å². The number of benzene rings is 3. The summed E-state index contributed by atoms with van der Waals surface area (Å²) in [5.41, 5.74) is 1.06. The van der Waals surface area contributed by atoms with Gasteiger partial charge in [-0.1, -0.05) is 49.4 Å². The Bertz CT molecular complexity index is 892. The van der Waals surface area contributed by atoms with E-state index in [-0.39, 0.29) is 11.7 Å². The monoisotopic (exact) mass is 365 g/mol. The zero-order valence-electron chi connectivity index (χ0n) is 15.5. The van der Waals surface area contributed by atoms with E-state index in [4.69, 9.17) is 4.74 Å². The zero-order valence-corrected chi connectivity index (χ0v) is 15.5. The number of rotatable bonds is 8. The first-order valence-electron chi connectivity index (χ1n) is 9.33. The number of ether oxygens (including phenoxy) is 1. The van der Waals surface area contributed by atoms with Crippen LogP contribution in [0.25, 0.3) is 10.8 Å². The molecule has 140 valence electrons. The molecule has 4 heteroatoms. The Kier molecular flexibility index (Phi) is 6.42. The fourth-order valence-corrected chi connectivity index (χ4v) is 3.00. The lowest BCUT2D eigenvalue weighted by Crippen LogP contribution is -2.38. The molecule has 0 aliphatic heterocycles. The second kappa shape index (κ2) is 9.17. The Hall–Kier alpha value is -2.88. The molecule has 0 aliphatic carbocycles. The van der Waals surface area contributed by atoms with Crippen molar-refractivity contribution in [1.82, 2.24) is 5.32 Å². The normalized spacial score (nSPS) is 11.9. The molecule has 0 saturated heterocycles. The van der Waals surface area contributed by atoms with E-state index in [2.05, 4.69) is 5.32 Å². The number of hydrogen-bond acceptors (Lipinski definition) is 2. The van der Waals surface area contributed by atoms with Gasteiger partial charge in [0.2, 0.25) is 0 Å². The number of amides is 1.